The number of rotatable bonds is 3. The monoisotopic (exact) mass is 359 g/mol. The lowest BCUT2D eigenvalue weighted by Gasteiger charge is -2.16. The second-order valence-corrected chi connectivity index (χ2v) is 7.67. The van der Waals surface area contributed by atoms with Crippen molar-refractivity contribution >= 4 is 23.2 Å². The maximum Gasteiger partial charge on any atom is 0.217 e. The Morgan fingerprint density at radius 2 is 2.08 bits per heavy atom. The molecule has 0 bridgehead atoms. The fourth-order valence-corrected chi connectivity index (χ4v) is 3.13. The van der Waals surface area contributed by atoms with E-state index in [1.807, 2.05) is 25.1 Å². The third kappa shape index (κ3) is 3.39. The maximum absolute atomic E-state index is 11.2. The molecule has 0 atom stereocenters. The molecule has 0 aliphatic rings. The molecule has 132 valence electrons. The largest absolute Gasteiger partial charge is 0.352 e. The summed E-state index contributed by atoms with van der Waals surface area (Å²) in [6, 6.07) is 6.01. The molecule has 0 fully saturated rings. The van der Waals surface area contributed by atoms with Gasteiger partial charge in [-0.15, -0.1) is 5.10 Å². The van der Waals surface area contributed by atoms with Gasteiger partial charge in [-0.25, -0.2) is 4.98 Å². The van der Waals surface area contributed by atoms with Crippen LogP contribution >= 0.6 is 11.6 Å². The van der Waals surface area contributed by atoms with E-state index < -0.39 is 0 Å². The molecular formula is C18H22ClN5O. The van der Waals surface area contributed by atoms with Gasteiger partial charge in [0.15, 0.2) is 11.5 Å². The maximum atomic E-state index is 11.2. The van der Waals surface area contributed by atoms with Gasteiger partial charge in [0.25, 0.3) is 0 Å². The van der Waals surface area contributed by atoms with E-state index in [-0.39, 0.29) is 11.3 Å². The first kappa shape index (κ1) is 17.5. The van der Waals surface area contributed by atoms with Gasteiger partial charge in [0.2, 0.25) is 5.91 Å². The topological polar surface area (TPSA) is 75.1 Å². The number of fused-ring (bicyclic) bond motifs is 1. The number of aromatic amines is 1. The molecule has 7 heteroatoms. The van der Waals surface area contributed by atoms with Gasteiger partial charge in [-0.2, -0.15) is 4.63 Å². The zero-order valence-corrected chi connectivity index (χ0v) is 15.8. The normalized spacial score (nSPS) is 11.9. The molecule has 1 amide bonds. The number of carbonyl (C=O) groups excluding carboxylic acids is 1. The first-order valence-corrected chi connectivity index (χ1v) is 8.53. The number of benzene rings is 1. The van der Waals surface area contributed by atoms with E-state index in [4.69, 9.17) is 11.6 Å². The van der Waals surface area contributed by atoms with Gasteiger partial charge < -0.3 is 5.32 Å². The molecule has 0 radical (unpaired) electrons. The molecule has 3 aromatic rings. The quantitative estimate of drug-likeness (QED) is 0.750. The number of amides is 1. The van der Waals surface area contributed by atoms with Gasteiger partial charge in [-0.3, -0.25) is 9.89 Å². The van der Waals surface area contributed by atoms with Crippen LogP contribution in [-0.4, -0.2) is 25.7 Å². The van der Waals surface area contributed by atoms with E-state index >= 15 is 0 Å². The van der Waals surface area contributed by atoms with Crippen LogP contribution in [0.4, 0.5) is 0 Å². The summed E-state index contributed by atoms with van der Waals surface area (Å²) in [6.07, 6.45) is 0. The summed E-state index contributed by atoms with van der Waals surface area (Å²) in [5.74, 6) is 0.506. The van der Waals surface area contributed by atoms with Crippen LogP contribution in [0, 0.1) is 6.92 Å². The standard InChI is InChI=1S/C18H22ClN5O/c1-10-6-7-12(9-20-11(2)25)13(8-10)16-21-17-14(19)15(18(3,4)5)22-24(17)23-16/h6-8,22H,9H2,1-5H3,(H,20,25). The molecule has 2 aromatic heterocycles. The lowest BCUT2D eigenvalue weighted by molar-refractivity contribution is -0.119. The highest BCUT2D eigenvalue weighted by molar-refractivity contribution is 6.34. The van der Waals surface area contributed by atoms with Crippen molar-refractivity contribution in [3.8, 4) is 11.4 Å². The highest BCUT2D eigenvalue weighted by Gasteiger charge is 2.24. The summed E-state index contributed by atoms with van der Waals surface area (Å²) in [7, 11) is 0. The minimum Gasteiger partial charge on any atom is -0.352 e. The van der Waals surface area contributed by atoms with Gasteiger partial charge in [-0.05, 0) is 18.6 Å². The number of H-pyrrole nitrogens is 1. The molecule has 0 spiro atoms. The minimum atomic E-state index is -0.125. The Balaban J connectivity index is 2.07. The van der Waals surface area contributed by atoms with Gasteiger partial charge in [0, 0.05) is 24.4 Å². The summed E-state index contributed by atoms with van der Waals surface area (Å²) >= 11 is 6.50. The number of hydrogen-bond donors (Lipinski definition) is 2. The zero-order chi connectivity index (χ0) is 18.4. The van der Waals surface area contributed by atoms with Gasteiger partial charge in [-0.1, -0.05) is 50.1 Å². The van der Waals surface area contributed by atoms with Crippen LogP contribution in [0.5, 0.6) is 0 Å². The minimum absolute atomic E-state index is 0.0747. The predicted molar refractivity (Wildman–Crippen MR) is 98.7 cm³/mol. The summed E-state index contributed by atoms with van der Waals surface area (Å²) in [6.45, 7) is 10.2. The van der Waals surface area contributed by atoms with Crippen molar-refractivity contribution in [1.29, 1.82) is 0 Å². The highest BCUT2D eigenvalue weighted by Crippen LogP contribution is 2.32. The number of nitrogens with zero attached hydrogens (tertiary/aromatic N) is 3. The van der Waals surface area contributed by atoms with E-state index in [9.17, 15) is 4.79 Å². The van der Waals surface area contributed by atoms with Crippen molar-refractivity contribution in [2.75, 3.05) is 0 Å². The van der Waals surface area contributed by atoms with Gasteiger partial charge >= 0.3 is 0 Å². The van der Waals surface area contributed by atoms with E-state index in [2.05, 4.69) is 41.3 Å². The van der Waals surface area contributed by atoms with Crippen molar-refractivity contribution in [1.82, 2.24) is 25.1 Å². The van der Waals surface area contributed by atoms with Crippen molar-refractivity contribution < 1.29 is 4.79 Å². The Kier molecular flexibility index (Phi) is 4.33. The Bertz CT molecular complexity index is 948. The Labute approximate surface area is 151 Å². The van der Waals surface area contributed by atoms with Crippen LogP contribution in [0.25, 0.3) is 17.0 Å². The molecule has 3 rings (SSSR count). The van der Waals surface area contributed by atoms with Crippen LogP contribution in [0.1, 0.15) is 44.5 Å². The highest BCUT2D eigenvalue weighted by atomic mass is 35.5. The van der Waals surface area contributed by atoms with Crippen molar-refractivity contribution in [2.45, 2.75) is 46.6 Å². The summed E-state index contributed by atoms with van der Waals surface area (Å²) in [5.41, 5.74) is 4.33. The van der Waals surface area contributed by atoms with Crippen LogP contribution in [0.3, 0.4) is 0 Å². The fraction of sp³-hybridized carbons (Fsp3) is 0.389. The predicted octanol–water partition coefficient (Wildman–Crippen LogP) is 3.62. The molecule has 0 aliphatic heterocycles. The number of nitrogens with one attached hydrogen (secondary N) is 2. The third-order valence-electron chi connectivity index (χ3n) is 4.02. The van der Waals surface area contributed by atoms with Gasteiger partial charge in [0.1, 0.15) is 5.02 Å². The number of hydrogen-bond acceptors (Lipinski definition) is 3. The van der Waals surface area contributed by atoms with E-state index in [0.717, 1.165) is 22.4 Å². The molecule has 0 saturated heterocycles. The molecule has 0 saturated carbocycles. The molecular weight excluding hydrogens is 338 g/mol. The van der Waals surface area contributed by atoms with Crippen molar-refractivity contribution in [2.24, 2.45) is 0 Å². The fourth-order valence-electron chi connectivity index (χ4n) is 2.68. The van der Waals surface area contributed by atoms with Gasteiger partial charge in [0.05, 0.1) is 5.69 Å². The number of halogens is 1. The number of aromatic nitrogens is 4. The third-order valence-corrected chi connectivity index (χ3v) is 4.38. The molecule has 2 heterocycles. The van der Waals surface area contributed by atoms with Crippen LogP contribution < -0.4 is 5.32 Å². The molecule has 0 aliphatic carbocycles. The number of carbonyl (C=O) groups is 1. The van der Waals surface area contributed by atoms with E-state index in [0.29, 0.717) is 23.0 Å². The smallest absolute Gasteiger partial charge is 0.217 e. The van der Waals surface area contributed by atoms with Crippen LogP contribution in [-0.2, 0) is 16.8 Å². The first-order valence-electron chi connectivity index (χ1n) is 8.16. The van der Waals surface area contributed by atoms with Crippen molar-refractivity contribution in [3.63, 3.8) is 0 Å². The summed E-state index contributed by atoms with van der Waals surface area (Å²) in [5, 5.41) is 11.2. The second-order valence-electron chi connectivity index (χ2n) is 7.29. The molecule has 6 nitrogen and oxygen atoms in total. The Morgan fingerprint density at radius 3 is 2.68 bits per heavy atom. The second kappa shape index (κ2) is 6.19. The molecule has 0 unspecified atom stereocenters. The lowest BCUT2D eigenvalue weighted by Crippen LogP contribution is -2.19. The SMILES string of the molecule is CC(=O)NCc1ccc(C)cc1-c1nc2c(Cl)c(C(C)(C)C)[nH]n2n1. The Hall–Kier alpha value is -2.34. The van der Waals surface area contributed by atoms with E-state index in [1.165, 1.54) is 6.92 Å². The van der Waals surface area contributed by atoms with Crippen LogP contribution in [0.15, 0.2) is 18.2 Å². The average molecular weight is 360 g/mol. The molecule has 2 N–H and O–H groups in total. The first-order chi connectivity index (χ1) is 11.7. The van der Waals surface area contributed by atoms with Crippen molar-refractivity contribution in [3.05, 3.63) is 40.0 Å². The molecule has 1 aromatic carbocycles. The number of aryl methyl sites for hydroxylation is 1. The summed E-state index contributed by atoms with van der Waals surface area (Å²) in [4.78, 5) is 15.9. The van der Waals surface area contributed by atoms with E-state index in [1.54, 1.807) is 4.63 Å². The zero-order valence-electron chi connectivity index (χ0n) is 15.1. The van der Waals surface area contributed by atoms with Crippen LogP contribution in [0.2, 0.25) is 5.02 Å². The summed E-state index contributed by atoms with van der Waals surface area (Å²) < 4.78 is 1.61. The average Bonchev–Trinajstić information content (AvgIpc) is 3.05. The lowest BCUT2D eigenvalue weighted by atomic mass is 9.92. The molecule has 25 heavy (non-hydrogen) atoms. The Morgan fingerprint density at radius 1 is 1.36 bits per heavy atom.